The lowest BCUT2D eigenvalue weighted by atomic mass is 10.3. The van der Waals surface area contributed by atoms with Gasteiger partial charge < -0.3 is 13.9 Å². The smallest absolute Gasteiger partial charge is 0.200 e. The summed E-state index contributed by atoms with van der Waals surface area (Å²) in [7, 11) is -1.75. The second-order valence-electron chi connectivity index (χ2n) is 9.97. The van der Waals surface area contributed by atoms with Crippen LogP contribution in [0.1, 0.15) is 54.4 Å². The first-order valence-electron chi connectivity index (χ1n) is 12.0. The maximum atomic E-state index is 6.84. The molecule has 0 aromatic rings. The van der Waals surface area contributed by atoms with Crippen molar-refractivity contribution in [2.45, 2.75) is 77.0 Å². The molecule has 3 rings (SSSR count). The van der Waals surface area contributed by atoms with Gasteiger partial charge in [-0.05, 0) is 35.4 Å². The van der Waals surface area contributed by atoms with Crippen molar-refractivity contribution < 1.29 is 13.9 Å². The number of hydrazine groups is 2. The predicted molar refractivity (Wildman–Crippen MR) is 120 cm³/mol. The molecule has 0 aromatic heterocycles. The zero-order valence-corrected chi connectivity index (χ0v) is 20.7. The summed E-state index contributed by atoms with van der Waals surface area (Å²) in [6.07, 6.45) is 2.48. The van der Waals surface area contributed by atoms with Gasteiger partial charge in [-0.25, -0.2) is 10.0 Å². The number of hydrogen-bond donors (Lipinski definition) is 0. The second kappa shape index (κ2) is 10.5. The Kier molecular flexibility index (Phi) is 8.58. The van der Waals surface area contributed by atoms with Gasteiger partial charge in [-0.15, -0.1) is 0 Å². The minimum absolute atomic E-state index is 0.628. The van der Waals surface area contributed by atoms with Crippen LogP contribution < -0.4 is 0 Å². The van der Waals surface area contributed by atoms with Gasteiger partial charge >= 0.3 is 0 Å². The lowest BCUT2D eigenvalue weighted by Gasteiger charge is -2.45. The van der Waals surface area contributed by atoms with E-state index in [9.17, 15) is 0 Å². The van der Waals surface area contributed by atoms with Gasteiger partial charge in [0.05, 0.1) is 26.4 Å². The topological polar surface area (TPSA) is 37.4 Å². The number of hydrogen-bond acceptors (Lipinski definition) is 6. The molecule has 0 N–H and O–H groups in total. The van der Waals surface area contributed by atoms with Crippen LogP contribution in [0.2, 0.25) is 16.6 Å². The van der Waals surface area contributed by atoms with E-state index in [0.717, 1.165) is 65.1 Å². The molecule has 0 spiro atoms. The highest BCUT2D eigenvalue weighted by molar-refractivity contribution is 6.77. The largest absolute Gasteiger partial charge is 0.416 e. The highest BCUT2D eigenvalue weighted by Gasteiger charge is 2.48. The summed E-state index contributed by atoms with van der Waals surface area (Å²) in [4.78, 5) is 0. The molecule has 0 aromatic carbocycles. The van der Waals surface area contributed by atoms with Crippen LogP contribution in [-0.2, 0) is 13.9 Å². The molecular weight excluding hydrogens is 382 g/mol. The summed E-state index contributed by atoms with van der Waals surface area (Å²) in [5, 5.41) is 7.64. The first kappa shape index (κ1) is 23.6. The number of nitrogens with zero attached hydrogens (tertiary/aromatic N) is 3. The molecule has 2 heterocycles. The molecule has 3 fully saturated rings. The average molecular weight is 428 g/mol. The van der Waals surface area contributed by atoms with Gasteiger partial charge in [-0.3, -0.25) is 0 Å². The molecule has 2 atom stereocenters. The molecule has 1 saturated carbocycles. The lowest BCUT2D eigenvalue weighted by molar-refractivity contribution is -0.234. The minimum Gasteiger partial charge on any atom is -0.416 e. The maximum absolute atomic E-state index is 6.84. The van der Waals surface area contributed by atoms with Crippen molar-refractivity contribution >= 4 is 8.32 Å². The Balaban J connectivity index is 1.57. The van der Waals surface area contributed by atoms with Crippen LogP contribution in [0, 0.1) is 5.92 Å². The number of morpholine rings is 2. The maximum Gasteiger partial charge on any atom is 0.200 e. The van der Waals surface area contributed by atoms with E-state index >= 15 is 0 Å². The molecule has 2 saturated heterocycles. The van der Waals surface area contributed by atoms with E-state index in [4.69, 9.17) is 13.9 Å². The van der Waals surface area contributed by atoms with Gasteiger partial charge in [-0.2, -0.15) is 5.12 Å². The summed E-state index contributed by atoms with van der Waals surface area (Å²) in [6, 6.07) is 0.628. The Labute approximate surface area is 179 Å². The fraction of sp³-hybridized carbons (Fsp3) is 1.00. The van der Waals surface area contributed by atoms with E-state index in [1.807, 2.05) is 0 Å². The monoisotopic (exact) mass is 427 g/mol. The normalized spacial score (nSPS) is 27.5. The molecule has 1 aliphatic carbocycles. The Morgan fingerprint density at radius 3 is 1.69 bits per heavy atom. The standard InChI is InChI=1S/C22H45N3O3Si/c1-18(2)29(19(3)4,20(5)6)28-12-7-21-17-22(21)25(23-8-13-26-14-9-23)24-10-15-27-16-11-24/h18-22H,7-17H2,1-6H3/t21?,22-/m0/s1. The van der Waals surface area contributed by atoms with Gasteiger partial charge in [0.1, 0.15) is 0 Å². The summed E-state index contributed by atoms with van der Waals surface area (Å²) in [5.41, 5.74) is 1.99. The third-order valence-corrected chi connectivity index (χ3v) is 13.4. The van der Waals surface area contributed by atoms with Crippen molar-refractivity contribution in [1.82, 2.24) is 15.1 Å². The zero-order valence-electron chi connectivity index (χ0n) is 19.7. The van der Waals surface area contributed by atoms with Crippen LogP contribution in [-0.4, -0.2) is 88.7 Å². The van der Waals surface area contributed by atoms with Crippen molar-refractivity contribution in [3.63, 3.8) is 0 Å². The summed E-state index contributed by atoms with van der Waals surface area (Å²) in [5.74, 6) is 0.749. The molecule has 3 aliphatic rings. The molecule has 7 heteroatoms. The van der Waals surface area contributed by atoms with Gasteiger partial charge in [0.25, 0.3) is 0 Å². The van der Waals surface area contributed by atoms with Crippen LogP contribution in [0.15, 0.2) is 0 Å². The van der Waals surface area contributed by atoms with Gasteiger partial charge in [-0.1, -0.05) is 41.5 Å². The summed E-state index contributed by atoms with van der Waals surface area (Å²) < 4.78 is 18.1. The molecule has 1 unspecified atom stereocenters. The van der Waals surface area contributed by atoms with E-state index < -0.39 is 8.32 Å². The van der Waals surface area contributed by atoms with E-state index in [2.05, 4.69) is 56.7 Å². The number of ether oxygens (including phenoxy) is 2. The van der Waals surface area contributed by atoms with Crippen LogP contribution in [0.5, 0.6) is 0 Å². The molecule has 0 amide bonds. The molecule has 6 nitrogen and oxygen atoms in total. The van der Waals surface area contributed by atoms with Gasteiger partial charge in [0, 0.05) is 38.8 Å². The van der Waals surface area contributed by atoms with Crippen LogP contribution in [0.4, 0.5) is 0 Å². The Bertz CT molecular complexity index is 454. The van der Waals surface area contributed by atoms with Crippen molar-refractivity contribution in [3.05, 3.63) is 0 Å². The second-order valence-corrected chi connectivity index (χ2v) is 15.4. The lowest BCUT2D eigenvalue weighted by Crippen LogP contribution is -2.60. The fourth-order valence-electron chi connectivity index (χ4n) is 5.83. The summed E-state index contributed by atoms with van der Waals surface area (Å²) in [6.45, 7) is 22.6. The Hall–Kier alpha value is -0.0231. The van der Waals surface area contributed by atoms with Gasteiger partial charge in [0.15, 0.2) is 8.32 Å². The minimum atomic E-state index is -1.75. The van der Waals surface area contributed by atoms with Crippen LogP contribution in [0.3, 0.4) is 0 Å². The van der Waals surface area contributed by atoms with Crippen molar-refractivity contribution in [2.75, 3.05) is 59.2 Å². The highest BCUT2D eigenvalue weighted by atomic mass is 28.4. The third kappa shape index (κ3) is 5.43. The Morgan fingerprint density at radius 2 is 1.28 bits per heavy atom. The Morgan fingerprint density at radius 1 is 0.828 bits per heavy atom. The molecule has 29 heavy (non-hydrogen) atoms. The van der Waals surface area contributed by atoms with Crippen molar-refractivity contribution in [2.24, 2.45) is 5.92 Å². The first-order chi connectivity index (χ1) is 13.9. The molecule has 170 valence electrons. The molecule has 0 radical (unpaired) electrons. The van der Waals surface area contributed by atoms with Crippen LogP contribution in [0.25, 0.3) is 0 Å². The quantitative estimate of drug-likeness (QED) is 0.494. The van der Waals surface area contributed by atoms with E-state index in [-0.39, 0.29) is 0 Å². The molecular formula is C22H45N3O3Si. The van der Waals surface area contributed by atoms with Crippen molar-refractivity contribution in [1.29, 1.82) is 0 Å². The van der Waals surface area contributed by atoms with Crippen LogP contribution >= 0.6 is 0 Å². The SMILES string of the molecule is CC(C)[Si](OCCC1C[C@@H]1N(N1CCOCC1)N1CCOCC1)(C(C)C)C(C)C. The average Bonchev–Trinajstić information content (AvgIpc) is 3.45. The predicted octanol–water partition coefficient (Wildman–Crippen LogP) is 3.75. The van der Waals surface area contributed by atoms with Gasteiger partial charge in [0.2, 0.25) is 0 Å². The highest BCUT2D eigenvalue weighted by Crippen LogP contribution is 2.44. The molecule has 2 aliphatic heterocycles. The summed E-state index contributed by atoms with van der Waals surface area (Å²) >= 11 is 0. The van der Waals surface area contributed by atoms with E-state index in [1.165, 1.54) is 12.8 Å². The molecule has 0 bridgehead atoms. The van der Waals surface area contributed by atoms with Crippen molar-refractivity contribution in [3.8, 4) is 0 Å². The fourth-order valence-corrected chi connectivity index (χ4v) is 11.3. The zero-order chi connectivity index (χ0) is 21.0. The third-order valence-electron chi connectivity index (χ3n) is 7.28. The van der Waals surface area contributed by atoms with E-state index in [1.54, 1.807) is 0 Å². The number of rotatable bonds is 10. The first-order valence-corrected chi connectivity index (χ1v) is 14.1. The van der Waals surface area contributed by atoms with E-state index in [0.29, 0.717) is 22.7 Å².